The lowest BCUT2D eigenvalue weighted by atomic mass is 9.84. The number of likely N-dealkylation sites (N-methyl/N-ethyl adjacent to an activating group) is 2. The predicted octanol–water partition coefficient (Wildman–Crippen LogP) is 3.13. The molecular formula is C26H50N4O4. The first kappa shape index (κ1) is 32.1. The van der Waals surface area contributed by atoms with Crippen molar-refractivity contribution in [3.05, 3.63) is 11.6 Å². The number of carbonyl (C=O) groups is 3. The number of likely N-dealkylation sites (tertiary alicyclic amines) is 1. The number of rotatable bonds is 9. The summed E-state index contributed by atoms with van der Waals surface area (Å²) in [5, 5.41) is 15.2. The average Bonchev–Trinajstić information content (AvgIpc) is 2.75. The first-order chi connectivity index (χ1) is 15.7. The standard InChI is InChI=1S/C23H42N4O4.C3H8/c1-15(2)27-12-9-10-17(14-27)18(24-7)20(28)25-19(23(4,5)6)21(29)26(8)13-11-16(3)22(30)31;1-3-2/h11,15,17-19,24H,9-10,12-14H2,1-8H3,(H,25,28)(H,30,31);3H2,1-2H3/b16-11+;. The number of nitrogens with zero attached hydrogens (tertiary/aromatic N) is 2. The number of aliphatic carboxylic acids is 1. The predicted molar refractivity (Wildman–Crippen MR) is 139 cm³/mol. The van der Waals surface area contributed by atoms with Gasteiger partial charge >= 0.3 is 5.97 Å². The molecule has 2 amide bonds. The molecule has 34 heavy (non-hydrogen) atoms. The third-order valence-electron chi connectivity index (χ3n) is 6.07. The van der Waals surface area contributed by atoms with Crippen LogP contribution in [0.25, 0.3) is 0 Å². The van der Waals surface area contributed by atoms with E-state index in [9.17, 15) is 14.4 Å². The largest absolute Gasteiger partial charge is 0.478 e. The smallest absolute Gasteiger partial charge is 0.331 e. The second-order valence-electron chi connectivity index (χ2n) is 10.7. The van der Waals surface area contributed by atoms with Crippen LogP contribution in [-0.2, 0) is 14.4 Å². The molecule has 3 unspecified atom stereocenters. The fourth-order valence-electron chi connectivity index (χ4n) is 3.91. The Balaban J connectivity index is 0.00000343. The van der Waals surface area contributed by atoms with Gasteiger partial charge in [0.1, 0.15) is 6.04 Å². The minimum atomic E-state index is -1.01. The second-order valence-corrected chi connectivity index (χ2v) is 10.7. The molecule has 0 radical (unpaired) electrons. The van der Waals surface area contributed by atoms with Gasteiger partial charge in [-0.15, -0.1) is 0 Å². The summed E-state index contributed by atoms with van der Waals surface area (Å²) >= 11 is 0. The Morgan fingerprint density at radius 1 is 1.21 bits per heavy atom. The van der Waals surface area contributed by atoms with Gasteiger partial charge in [0.15, 0.2) is 0 Å². The number of amides is 2. The fraction of sp³-hybridized carbons (Fsp3) is 0.808. The maximum Gasteiger partial charge on any atom is 0.331 e. The normalized spacial score (nSPS) is 19.0. The lowest BCUT2D eigenvalue weighted by Crippen LogP contribution is -2.60. The topological polar surface area (TPSA) is 102 Å². The molecule has 0 spiro atoms. The maximum absolute atomic E-state index is 13.2. The number of carboxylic acids is 1. The summed E-state index contributed by atoms with van der Waals surface area (Å²) in [5.74, 6) is -1.24. The molecule has 1 fully saturated rings. The third kappa shape index (κ3) is 10.6. The van der Waals surface area contributed by atoms with Crippen LogP contribution in [0.3, 0.4) is 0 Å². The number of carboxylic acid groups (broad SMARTS) is 1. The minimum Gasteiger partial charge on any atom is -0.478 e. The molecule has 0 bridgehead atoms. The van der Waals surface area contributed by atoms with Crippen LogP contribution in [0.1, 0.15) is 74.7 Å². The van der Waals surface area contributed by atoms with Crippen LogP contribution in [0.4, 0.5) is 0 Å². The summed E-state index contributed by atoms with van der Waals surface area (Å²) in [7, 11) is 3.41. The average molecular weight is 483 g/mol. The summed E-state index contributed by atoms with van der Waals surface area (Å²) in [5.41, 5.74) is -0.320. The van der Waals surface area contributed by atoms with Gasteiger partial charge in [-0.3, -0.25) is 9.59 Å². The van der Waals surface area contributed by atoms with Crippen LogP contribution in [0, 0.1) is 11.3 Å². The first-order valence-electron chi connectivity index (χ1n) is 12.6. The van der Waals surface area contributed by atoms with Crippen LogP contribution in [0.15, 0.2) is 11.6 Å². The molecule has 1 saturated heterocycles. The number of hydrogen-bond donors (Lipinski definition) is 3. The van der Waals surface area contributed by atoms with Crippen molar-refractivity contribution in [1.29, 1.82) is 0 Å². The molecule has 0 aromatic heterocycles. The minimum absolute atomic E-state index is 0.168. The monoisotopic (exact) mass is 482 g/mol. The fourth-order valence-corrected chi connectivity index (χ4v) is 3.91. The molecule has 1 rings (SSSR count). The lowest BCUT2D eigenvalue weighted by molar-refractivity contribution is -0.139. The van der Waals surface area contributed by atoms with Crippen LogP contribution < -0.4 is 10.6 Å². The number of hydrogen-bond acceptors (Lipinski definition) is 5. The van der Waals surface area contributed by atoms with Crippen molar-refractivity contribution < 1.29 is 19.5 Å². The summed E-state index contributed by atoms with van der Waals surface area (Å²) in [6, 6.07) is -0.661. The van der Waals surface area contributed by atoms with Crippen molar-refractivity contribution in [3.8, 4) is 0 Å². The molecule has 3 N–H and O–H groups in total. The molecular weight excluding hydrogens is 432 g/mol. The zero-order valence-corrected chi connectivity index (χ0v) is 23.2. The van der Waals surface area contributed by atoms with E-state index >= 15 is 0 Å². The van der Waals surface area contributed by atoms with E-state index in [1.165, 1.54) is 24.3 Å². The second kappa shape index (κ2) is 15.1. The Bertz CT molecular complexity index is 685. The molecule has 8 nitrogen and oxygen atoms in total. The molecule has 8 heteroatoms. The molecule has 198 valence electrons. The first-order valence-corrected chi connectivity index (χ1v) is 12.6. The molecule has 1 aliphatic heterocycles. The molecule has 0 aromatic carbocycles. The van der Waals surface area contributed by atoms with Gasteiger partial charge in [0.05, 0.1) is 6.04 Å². The van der Waals surface area contributed by atoms with Gasteiger partial charge in [-0.25, -0.2) is 4.79 Å². The molecule has 3 atom stereocenters. The van der Waals surface area contributed by atoms with Crippen LogP contribution >= 0.6 is 0 Å². The molecule has 0 aliphatic carbocycles. The van der Waals surface area contributed by atoms with Gasteiger partial charge in [0.25, 0.3) is 0 Å². The van der Waals surface area contributed by atoms with E-state index in [1.54, 1.807) is 14.1 Å². The van der Waals surface area contributed by atoms with Crippen molar-refractivity contribution in [3.63, 3.8) is 0 Å². The summed E-state index contributed by atoms with van der Waals surface area (Å²) in [4.78, 5) is 41.2. The Hall–Kier alpha value is -1.93. The third-order valence-corrected chi connectivity index (χ3v) is 6.07. The van der Waals surface area contributed by atoms with E-state index in [0.29, 0.717) is 6.04 Å². The number of carbonyl (C=O) groups excluding carboxylic acids is 2. The highest BCUT2D eigenvalue weighted by Gasteiger charge is 2.38. The van der Waals surface area contributed by atoms with Gasteiger partial charge in [-0.2, -0.15) is 0 Å². The summed E-state index contributed by atoms with van der Waals surface area (Å²) in [6.07, 6.45) is 4.77. The Morgan fingerprint density at radius 2 is 1.76 bits per heavy atom. The highest BCUT2D eigenvalue weighted by Crippen LogP contribution is 2.24. The van der Waals surface area contributed by atoms with Crippen LogP contribution in [0.2, 0.25) is 0 Å². The van der Waals surface area contributed by atoms with Crippen molar-refractivity contribution in [2.75, 3.05) is 33.7 Å². The van der Waals surface area contributed by atoms with Gasteiger partial charge in [-0.05, 0) is 58.5 Å². The van der Waals surface area contributed by atoms with Gasteiger partial charge in [0.2, 0.25) is 11.8 Å². The Labute approximate surface area is 207 Å². The van der Waals surface area contributed by atoms with Gasteiger partial charge < -0.3 is 25.5 Å². The number of nitrogens with one attached hydrogen (secondary N) is 2. The van der Waals surface area contributed by atoms with Crippen LogP contribution in [-0.4, -0.2) is 84.5 Å². The molecule has 1 heterocycles. The van der Waals surface area contributed by atoms with Gasteiger partial charge in [-0.1, -0.05) is 47.1 Å². The highest BCUT2D eigenvalue weighted by atomic mass is 16.4. The summed E-state index contributed by atoms with van der Waals surface area (Å²) in [6.45, 7) is 17.9. The van der Waals surface area contributed by atoms with E-state index in [-0.39, 0.29) is 35.9 Å². The molecule has 1 aliphatic rings. The van der Waals surface area contributed by atoms with E-state index in [4.69, 9.17) is 5.11 Å². The van der Waals surface area contributed by atoms with Crippen molar-refractivity contribution in [2.24, 2.45) is 11.3 Å². The maximum atomic E-state index is 13.2. The van der Waals surface area contributed by atoms with E-state index in [2.05, 4.69) is 43.2 Å². The lowest BCUT2D eigenvalue weighted by Gasteiger charge is -2.39. The van der Waals surface area contributed by atoms with E-state index in [1.807, 2.05) is 20.8 Å². The number of piperidine rings is 1. The zero-order chi connectivity index (χ0) is 26.6. The molecule has 0 saturated carbocycles. The Morgan fingerprint density at radius 3 is 2.21 bits per heavy atom. The van der Waals surface area contributed by atoms with Crippen LogP contribution in [0.5, 0.6) is 0 Å². The zero-order valence-electron chi connectivity index (χ0n) is 23.2. The Kier molecular flexibility index (Phi) is 14.3. The SMILES string of the molecule is CCC.CNC(C(=O)NC(C(=O)N(C)C/C=C(\C)C(=O)O)C(C)(C)C)C1CCCN(C(C)C)C1. The summed E-state index contributed by atoms with van der Waals surface area (Å²) < 4.78 is 0. The van der Waals surface area contributed by atoms with Crippen molar-refractivity contribution >= 4 is 17.8 Å². The quantitative estimate of drug-likeness (QED) is 0.437. The van der Waals surface area contributed by atoms with Gasteiger partial charge in [0, 0.05) is 31.8 Å². The highest BCUT2D eigenvalue weighted by molar-refractivity contribution is 5.90. The van der Waals surface area contributed by atoms with E-state index < -0.39 is 17.4 Å². The molecule has 0 aromatic rings. The van der Waals surface area contributed by atoms with Crippen molar-refractivity contribution in [1.82, 2.24) is 20.4 Å². The van der Waals surface area contributed by atoms with Crippen molar-refractivity contribution in [2.45, 2.75) is 92.8 Å². The van der Waals surface area contributed by atoms with E-state index in [0.717, 1.165) is 25.9 Å².